The number of carbonyl (C=O) groups is 2. The van der Waals surface area contributed by atoms with Gasteiger partial charge in [-0.25, -0.2) is 0 Å². The topological polar surface area (TPSA) is 101 Å². The molecule has 0 saturated heterocycles. The molecular formula is C22H25N3O4. The molecule has 0 aliphatic carbocycles. The van der Waals surface area contributed by atoms with Gasteiger partial charge in [0.2, 0.25) is 5.91 Å². The Labute approximate surface area is 169 Å². The van der Waals surface area contributed by atoms with E-state index in [2.05, 4.69) is 15.6 Å². The van der Waals surface area contributed by atoms with Crippen LogP contribution in [0, 0.1) is 0 Å². The monoisotopic (exact) mass is 395 g/mol. The second-order valence-electron chi connectivity index (χ2n) is 6.81. The van der Waals surface area contributed by atoms with Crippen molar-refractivity contribution in [3.05, 3.63) is 78.1 Å². The summed E-state index contributed by atoms with van der Waals surface area (Å²) in [5.41, 5.74) is 1.64. The van der Waals surface area contributed by atoms with Crippen LogP contribution in [0.2, 0.25) is 0 Å². The first kappa shape index (κ1) is 20.7. The number of nitrogens with one attached hydrogen (secondary N) is 2. The highest BCUT2D eigenvalue weighted by atomic mass is 16.5. The highest BCUT2D eigenvalue weighted by molar-refractivity contribution is 5.94. The van der Waals surface area contributed by atoms with Gasteiger partial charge in [-0.15, -0.1) is 0 Å². The zero-order chi connectivity index (χ0) is 20.5. The summed E-state index contributed by atoms with van der Waals surface area (Å²) in [6.45, 7) is 0.267. The maximum absolute atomic E-state index is 12.3. The van der Waals surface area contributed by atoms with E-state index in [9.17, 15) is 14.7 Å². The van der Waals surface area contributed by atoms with E-state index in [1.165, 1.54) is 0 Å². The number of aliphatic hydroxyl groups excluding tert-OH is 1. The maximum atomic E-state index is 12.3. The first-order valence-corrected chi connectivity index (χ1v) is 9.62. The van der Waals surface area contributed by atoms with Crippen LogP contribution in [0.25, 0.3) is 0 Å². The predicted octanol–water partition coefficient (Wildman–Crippen LogP) is 1.24. The Morgan fingerprint density at radius 3 is 2.55 bits per heavy atom. The summed E-state index contributed by atoms with van der Waals surface area (Å²) in [6, 6.07) is 12.2. The SMILES string of the molecule is O=C(C[C@H]1C=C[C@@H](NC(=O)c2ccccc2)[C@H](CO)O1)NCCc1ccncc1. The molecule has 152 valence electrons. The molecule has 1 aromatic heterocycles. The van der Waals surface area contributed by atoms with Crippen LogP contribution in [0.1, 0.15) is 22.3 Å². The zero-order valence-electron chi connectivity index (χ0n) is 16.0. The van der Waals surface area contributed by atoms with Crippen LogP contribution in [0.3, 0.4) is 0 Å². The number of hydrogen-bond acceptors (Lipinski definition) is 5. The number of benzene rings is 1. The Bertz CT molecular complexity index is 826. The molecule has 29 heavy (non-hydrogen) atoms. The van der Waals surface area contributed by atoms with Gasteiger partial charge in [0.05, 0.1) is 25.2 Å². The highest BCUT2D eigenvalue weighted by Crippen LogP contribution is 2.16. The van der Waals surface area contributed by atoms with Crippen LogP contribution in [0.4, 0.5) is 0 Å². The molecule has 3 rings (SSSR count). The minimum atomic E-state index is -0.609. The lowest BCUT2D eigenvalue weighted by molar-refractivity contribution is -0.125. The molecule has 2 amide bonds. The number of hydrogen-bond donors (Lipinski definition) is 3. The molecule has 2 heterocycles. The molecule has 7 heteroatoms. The van der Waals surface area contributed by atoms with Crippen molar-refractivity contribution in [3.8, 4) is 0 Å². The molecule has 1 aliphatic heterocycles. The van der Waals surface area contributed by atoms with Gasteiger partial charge in [0.25, 0.3) is 5.91 Å². The molecule has 1 aliphatic rings. The molecule has 0 spiro atoms. The lowest BCUT2D eigenvalue weighted by Crippen LogP contribution is -2.49. The van der Waals surface area contributed by atoms with Crippen molar-refractivity contribution in [2.75, 3.05) is 13.2 Å². The van der Waals surface area contributed by atoms with E-state index in [0.717, 1.165) is 12.0 Å². The largest absolute Gasteiger partial charge is 0.394 e. The van der Waals surface area contributed by atoms with Crippen molar-refractivity contribution in [1.82, 2.24) is 15.6 Å². The van der Waals surface area contributed by atoms with Crippen molar-refractivity contribution in [3.63, 3.8) is 0 Å². The van der Waals surface area contributed by atoms with Crippen LogP contribution in [0.5, 0.6) is 0 Å². The Kier molecular flexibility index (Phi) is 7.49. The van der Waals surface area contributed by atoms with Crippen molar-refractivity contribution >= 4 is 11.8 Å². The third-order valence-electron chi connectivity index (χ3n) is 4.67. The summed E-state index contributed by atoms with van der Waals surface area (Å²) in [6.07, 6.45) is 6.80. The second kappa shape index (κ2) is 10.5. The van der Waals surface area contributed by atoms with Gasteiger partial charge in [-0.05, 0) is 36.2 Å². The van der Waals surface area contributed by atoms with Crippen molar-refractivity contribution in [1.29, 1.82) is 0 Å². The average Bonchev–Trinajstić information content (AvgIpc) is 2.76. The molecule has 0 radical (unpaired) electrons. The lowest BCUT2D eigenvalue weighted by Gasteiger charge is -2.31. The van der Waals surface area contributed by atoms with Crippen LogP contribution in [0.15, 0.2) is 67.0 Å². The van der Waals surface area contributed by atoms with E-state index < -0.39 is 18.2 Å². The third kappa shape index (κ3) is 6.23. The molecule has 0 fully saturated rings. The molecule has 0 bridgehead atoms. The first-order valence-electron chi connectivity index (χ1n) is 9.62. The summed E-state index contributed by atoms with van der Waals surface area (Å²) < 4.78 is 5.80. The van der Waals surface area contributed by atoms with Crippen molar-refractivity contribution in [2.24, 2.45) is 0 Å². The van der Waals surface area contributed by atoms with Gasteiger partial charge < -0.3 is 20.5 Å². The van der Waals surface area contributed by atoms with E-state index in [1.54, 1.807) is 48.8 Å². The van der Waals surface area contributed by atoms with Crippen molar-refractivity contribution < 1.29 is 19.4 Å². The standard InChI is InChI=1S/C22H25N3O4/c26-15-20-19(25-22(28)17-4-2-1-3-5-17)7-6-18(29-20)14-21(27)24-13-10-16-8-11-23-12-9-16/h1-9,11-12,18-20,26H,10,13-15H2,(H,24,27)(H,25,28)/t18-,19-,20+/m1/s1. The summed E-state index contributed by atoms with van der Waals surface area (Å²) in [5, 5.41) is 15.4. The van der Waals surface area contributed by atoms with E-state index in [1.807, 2.05) is 18.2 Å². The van der Waals surface area contributed by atoms with E-state index in [0.29, 0.717) is 12.1 Å². The second-order valence-corrected chi connectivity index (χ2v) is 6.81. The van der Waals surface area contributed by atoms with Crippen molar-refractivity contribution in [2.45, 2.75) is 31.1 Å². The van der Waals surface area contributed by atoms with E-state index in [-0.39, 0.29) is 24.8 Å². The number of rotatable bonds is 8. The fourth-order valence-corrected chi connectivity index (χ4v) is 3.11. The Hall–Kier alpha value is -3.03. The molecule has 1 aromatic carbocycles. The van der Waals surface area contributed by atoms with Gasteiger partial charge in [0, 0.05) is 24.5 Å². The van der Waals surface area contributed by atoms with Gasteiger partial charge in [-0.1, -0.05) is 30.4 Å². The molecule has 3 N–H and O–H groups in total. The van der Waals surface area contributed by atoms with Gasteiger partial charge >= 0.3 is 0 Å². The summed E-state index contributed by atoms with van der Waals surface area (Å²) in [4.78, 5) is 28.5. The fourth-order valence-electron chi connectivity index (χ4n) is 3.11. The molecule has 0 unspecified atom stereocenters. The normalized spacial score (nSPS) is 20.8. The predicted molar refractivity (Wildman–Crippen MR) is 108 cm³/mol. The summed E-state index contributed by atoms with van der Waals surface area (Å²) in [7, 11) is 0. The number of aliphatic hydroxyl groups is 1. The number of nitrogens with zero attached hydrogens (tertiary/aromatic N) is 1. The van der Waals surface area contributed by atoms with Gasteiger partial charge in [-0.2, -0.15) is 0 Å². The van der Waals surface area contributed by atoms with E-state index in [4.69, 9.17) is 4.74 Å². The van der Waals surface area contributed by atoms with Gasteiger partial charge in [-0.3, -0.25) is 14.6 Å². The van der Waals surface area contributed by atoms with Crippen LogP contribution in [-0.4, -0.2) is 53.3 Å². The summed E-state index contributed by atoms with van der Waals surface area (Å²) >= 11 is 0. The quantitative estimate of drug-likeness (QED) is 0.584. The van der Waals surface area contributed by atoms with Gasteiger partial charge in [0.1, 0.15) is 6.10 Å². The molecule has 0 saturated carbocycles. The smallest absolute Gasteiger partial charge is 0.251 e. The minimum absolute atomic E-state index is 0.128. The average molecular weight is 395 g/mol. The number of carbonyl (C=O) groups excluding carboxylic acids is 2. The van der Waals surface area contributed by atoms with Crippen LogP contribution in [-0.2, 0) is 16.0 Å². The molecule has 3 atom stereocenters. The zero-order valence-corrected chi connectivity index (χ0v) is 16.0. The van der Waals surface area contributed by atoms with Crippen LogP contribution < -0.4 is 10.6 Å². The molecular weight excluding hydrogens is 370 g/mol. The molecule has 7 nitrogen and oxygen atoms in total. The maximum Gasteiger partial charge on any atom is 0.251 e. The minimum Gasteiger partial charge on any atom is -0.394 e. The number of aromatic nitrogens is 1. The fraction of sp³-hybridized carbons (Fsp3) is 0.318. The lowest BCUT2D eigenvalue weighted by atomic mass is 10.0. The Balaban J connectivity index is 1.47. The van der Waals surface area contributed by atoms with Gasteiger partial charge in [0.15, 0.2) is 0 Å². The first-order chi connectivity index (χ1) is 14.2. The van der Waals surface area contributed by atoms with E-state index >= 15 is 0 Å². The number of pyridine rings is 1. The Morgan fingerprint density at radius 1 is 1.07 bits per heavy atom. The molecule has 2 aromatic rings. The highest BCUT2D eigenvalue weighted by Gasteiger charge is 2.29. The Morgan fingerprint density at radius 2 is 1.83 bits per heavy atom. The summed E-state index contributed by atoms with van der Waals surface area (Å²) in [5.74, 6) is -0.369. The number of amides is 2. The number of ether oxygens (including phenoxy) is 1. The van der Waals surface area contributed by atoms with Crippen LogP contribution >= 0.6 is 0 Å². The third-order valence-corrected chi connectivity index (χ3v) is 4.67.